The maximum absolute atomic E-state index is 12.3. The van der Waals surface area contributed by atoms with Gasteiger partial charge in [0.1, 0.15) is 0 Å². The summed E-state index contributed by atoms with van der Waals surface area (Å²) >= 11 is 0. The van der Waals surface area contributed by atoms with Gasteiger partial charge >= 0.3 is 0 Å². The molecule has 1 saturated carbocycles. The Labute approximate surface area is 112 Å². The summed E-state index contributed by atoms with van der Waals surface area (Å²) in [5.74, 6) is -0.0282. The van der Waals surface area contributed by atoms with E-state index in [0.29, 0.717) is 11.6 Å². The molecule has 1 heterocycles. The number of amides is 1. The Balaban J connectivity index is 1.81. The third-order valence-corrected chi connectivity index (χ3v) is 3.64. The van der Waals surface area contributed by atoms with E-state index in [1.165, 1.54) is 12.8 Å². The average Bonchev–Trinajstić information content (AvgIpc) is 3.10. The normalized spacial score (nSPS) is 15.6. The third kappa shape index (κ3) is 2.52. The van der Waals surface area contributed by atoms with Crippen molar-refractivity contribution in [1.29, 1.82) is 0 Å². The fourth-order valence-corrected chi connectivity index (χ4v) is 2.62. The molecule has 1 amide bonds. The smallest absolute Gasteiger partial charge is 0.255 e. The molecule has 1 aliphatic rings. The van der Waals surface area contributed by atoms with E-state index in [9.17, 15) is 4.79 Å². The summed E-state index contributed by atoms with van der Waals surface area (Å²) < 4.78 is 0. The van der Waals surface area contributed by atoms with Gasteiger partial charge in [0.05, 0.1) is 17.5 Å². The number of rotatable bonds is 3. The Kier molecular flexibility index (Phi) is 3.31. The van der Waals surface area contributed by atoms with E-state index in [0.717, 1.165) is 24.1 Å². The van der Waals surface area contributed by atoms with Crippen molar-refractivity contribution in [3.05, 3.63) is 42.1 Å². The quantitative estimate of drug-likeness (QED) is 0.886. The monoisotopic (exact) mass is 255 g/mol. The van der Waals surface area contributed by atoms with Gasteiger partial charge in [0.25, 0.3) is 5.91 Å². The molecular weight excluding hydrogens is 238 g/mol. The summed E-state index contributed by atoms with van der Waals surface area (Å²) in [4.78, 5) is 12.3. The largest absolute Gasteiger partial charge is 0.349 e. The van der Waals surface area contributed by atoms with Gasteiger partial charge in [0, 0.05) is 11.6 Å². The van der Waals surface area contributed by atoms with Crippen LogP contribution in [0, 0.1) is 0 Å². The predicted molar refractivity (Wildman–Crippen MR) is 73.7 cm³/mol. The maximum Gasteiger partial charge on any atom is 0.255 e. The molecule has 1 aromatic carbocycles. The zero-order valence-corrected chi connectivity index (χ0v) is 10.7. The number of nitrogens with one attached hydrogen (secondary N) is 2. The van der Waals surface area contributed by atoms with Gasteiger partial charge in [0.2, 0.25) is 0 Å². The van der Waals surface area contributed by atoms with Gasteiger partial charge in [-0.2, -0.15) is 5.10 Å². The van der Waals surface area contributed by atoms with E-state index in [2.05, 4.69) is 15.5 Å². The molecule has 2 aromatic rings. The van der Waals surface area contributed by atoms with Crippen molar-refractivity contribution in [3.63, 3.8) is 0 Å². The average molecular weight is 255 g/mol. The Bertz CT molecular complexity index is 556. The molecule has 3 rings (SSSR count). The molecule has 1 fully saturated rings. The van der Waals surface area contributed by atoms with Crippen LogP contribution < -0.4 is 5.32 Å². The van der Waals surface area contributed by atoms with Crippen LogP contribution in [0.25, 0.3) is 11.3 Å². The Morgan fingerprint density at radius 2 is 1.95 bits per heavy atom. The number of nitrogens with zero attached hydrogens (tertiary/aromatic N) is 1. The van der Waals surface area contributed by atoms with E-state index >= 15 is 0 Å². The number of H-pyrrole nitrogens is 1. The van der Waals surface area contributed by atoms with Gasteiger partial charge in [-0.25, -0.2) is 0 Å². The van der Waals surface area contributed by atoms with Crippen LogP contribution in [0.5, 0.6) is 0 Å². The highest BCUT2D eigenvalue weighted by molar-refractivity contribution is 5.99. The van der Waals surface area contributed by atoms with Gasteiger partial charge < -0.3 is 5.32 Å². The molecule has 0 atom stereocenters. The first kappa shape index (κ1) is 12.0. The summed E-state index contributed by atoms with van der Waals surface area (Å²) in [6, 6.07) is 10.1. The molecule has 0 saturated heterocycles. The van der Waals surface area contributed by atoms with Crippen molar-refractivity contribution in [3.8, 4) is 11.3 Å². The number of benzene rings is 1. The van der Waals surface area contributed by atoms with E-state index in [4.69, 9.17) is 0 Å². The first-order valence-electron chi connectivity index (χ1n) is 6.74. The first-order chi connectivity index (χ1) is 9.34. The minimum Gasteiger partial charge on any atom is -0.349 e. The summed E-state index contributed by atoms with van der Waals surface area (Å²) in [6.07, 6.45) is 6.20. The van der Waals surface area contributed by atoms with Crippen LogP contribution in [0.1, 0.15) is 36.0 Å². The number of carbonyl (C=O) groups is 1. The maximum atomic E-state index is 12.3. The van der Waals surface area contributed by atoms with Crippen molar-refractivity contribution < 1.29 is 4.79 Å². The highest BCUT2D eigenvalue weighted by Crippen LogP contribution is 2.22. The summed E-state index contributed by atoms with van der Waals surface area (Å²) in [5.41, 5.74) is 2.39. The summed E-state index contributed by atoms with van der Waals surface area (Å²) in [7, 11) is 0. The van der Waals surface area contributed by atoms with E-state index in [1.54, 1.807) is 6.20 Å². The molecule has 1 aliphatic carbocycles. The minimum absolute atomic E-state index is 0.0282. The Morgan fingerprint density at radius 3 is 2.68 bits per heavy atom. The number of aromatic nitrogens is 2. The molecule has 19 heavy (non-hydrogen) atoms. The van der Waals surface area contributed by atoms with Gasteiger partial charge in [-0.15, -0.1) is 0 Å². The van der Waals surface area contributed by atoms with Gasteiger partial charge in [-0.3, -0.25) is 9.89 Å². The van der Waals surface area contributed by atoms with Gasteiger partial charge in [0.15, 0.2) is 0 Å². The SMILES string of the molecule is O=C(NC1CCCC1)c1cn[nH]c1-c1ccccc1. The molecule has 0 bridgehead atoms. The Morgan fingerprint density at radius 1 is 1.21 bits per heavy atom. The topological polar surface area (TPSA) is 57.8 Å². The van der Waals surface area contributed by atoms with E-state index < -0.39 is 0 Å². The van der Waals surface area contributed by atoms with Crippen LogP contribution in [0.2, 0.25) is 0 Å². The van der Waals surface area contributed by atoms with Crippen molar-refractivity contribution in [2.45, 2.75) is 31.7 Å². The number of aromatic amines is 1. The molecule has 0 aliphatic heterocycles. The Hall–Kier alpha value is -2.10. The zero-order chi connectivity index (χ0) is 13.1. The third-order valence-electron chi connectivity index (χ3n) is 3.64. The van der Waals surface area contributed by atoms with Crippen molar-refractivity contribution in [2.75, 3.05) is 0 Å². The number of hydrogen-bond acceptors (Lipinski definition) is 2. The molecular formula is C15H17N3O. The standard InChI is InChI=1S/C15H17N3O/c19-15(17-12-8-4-5-9-12)13-10-16-18-14(13)11-6-2-1-3-7-11/h1-3,6-7,10,12H,4-5,8-9H2,(H,16,18)(H,17,19). The van der Waals surface area contributed by atoms with Crippen LogP contribution in [0.4, 0.5) is 0 Å². The highest BCUT2D eigenvalue weighted by Gasteiger charge is 2.21. The predicted octanol–water partition coefficient (Wildman–Crippen LogP) is 2.75. The summed E-state index contributed by atoms with van der Waals surface area (Å²) in [5, 5.41) is 10.0. The minimum atomic E-state index is -0.0282. The van der Waals surface area contributed by atoms with E-state index in [1.807, 2.05) is 30.3 Å². The fourth-order valence-electron chi connectivity index (χ4n) is 2.62. The summed E-state index contributed by atoms with van der Waals surface area (Å²) in [6.45, 7) is 0. The lowest BCUT2D eigenvalue weighted by Gasteiger charge is -2.11. The second kappa shape index (κ2) is 5.26. The van der Waals surface area contributed by atoms with Crippen molar-refractivity contribution >= 4 is 5.91 Å². The molecule has 0 radical (unpaired) electrons. The van der Waals surface area contributed by atoms with Gasteiger partial charge in [-0.1, -0.05) is 43.2 Å². The molecule has 4 nitrogen and oxygen atoms in total. The molecule has 0 spiro atoms. The van der Waals surface area contributed by atoms with Crippen LogP contribution >= 0.6 is 0 Å². The zero-order valence-electron chi connectivity index (χ0n) is 10.7. The lowest BCUT2D eigenvalue weighted by molar-refractivity contribution is 0.0938. The van der Waals surface area contributed by atoms with Crippen LogP contribution in [-0.4, -0.2) is 22.1 Å². The first-order valence-corrected chi connectivity index (χ1v) is 6.74. The second-order valence-corrected chi connectivity index (χ2v) is 4.98. The van der Waals surface area contributed by atoms with E-state index in [-0.39, 0.29) is 5.91 Å². The fraction of sp³-hybridized carbons (Fsp3) is 0.333. The van der Waals surface area contributed by atoms with Crippen LogP contribution in [0.15, 0.2) is 36.5 Å². The number of hydrogen-bond donors (Lipinski definition) is 2. The molecule has 98 valence electrons. The molecule has 0 unspecified atom stereocenters. The molecule has 1 aromatic heterocycles. The lowest BCUT2D eigenvalue weighted by atomic mass is 10.1. The van der Waals surface area contributed by atoms with Crippen LogP contribution in [-0.2, 0) is 0 Å². The second-order valence-electron chi connectivity index (χ2n) is 4.98. The number of carbonyl (C=O) groups excluding carboxylic acids is 1. The van der Waals surface area contributed by atoms with Crippen LogP contribution in [0.3, 0.4) is 0 Å². The van der Waals surface area contributed by atoms with Gasteiger partial charge in [-0.05, 0) is 12.8 Å². The highest BCUT2D eigenvalue weighted by atomic mass is 16.1. The lowest BCUT2D eigenvalue weighted by Crippen LogP contribution is -2.32. The van der Waals surface area contributed by atoms with Crippen molar-refractivity contribution in [1.82, 2.24) is 15.5 Å². The molecule has 2 N–H and O–H groups in total. The molecule has 4 heteroatoms. The van der Waals surface area contributed by atoms with Crippen molar-refractivity contribution in [2.24, 2.45) is 0 Å².